The van der Waals surface area contributed by atoms with Crippen LogP contribution in [0.25, 0.3) is 11.0 Å². The highest BCUT2D eigenvalue weighted by Gasteiger charge is 2.08. The van der Waals surface area contributed by atoms with Crippen LogP contribution in [-0.4, -0.2) is 25.8 Å². The largest absolute Gasteiger partial charge is 0.349 e. The van der Waals surface area contributed by atoms with Gasteiger partial charge in [-0.25, -0.2) is 9.97 Å². The van der Waals surface area contributed by atoms with Gasteiger partial charge in [0, 0.05) is 11.9 Å². The van der Waals surface area contributed by atoms with Crippen molar-refractivity contribution < 1.29 is 4.79 Å². The number of hydrogen-bond acceptors (Lipinski definition) is 3. The topological polar surface area (TPSA) is 86.5 Å². The molecule has 0 spiro atoms. The number of carbonyl (C=O) groups excluding carboxylic acids is 1. The molecule has 1 aromatic carbocycles. The zero-order valence-corrected chi connectivity index (χ0v) is 12.0. The molecule has 0 bridgehead atoms. The molecule has 0 aliphatic rings. The molecule has 6 heteroatoms. The third-order valence-electron chi connectivity index (χ3n) is 3.51. The maximum atomic E-state index is 11.8. The summed E-state index contributed by atoms with van der Waals surface area (Å²) in [4.78, 5) is 26.3. The van der Waals surface area contributed by atoms with Crippen LogP contribution in [-0.2, 0) is 17.8 Å². The number of H-pyrrole nitrogens is 2. The molecule has 0 fully saturated rings. The molecule has 108 valence electrons. The Bertz CT molecular complexity index is 734. The van der Waals surface area contributed by atoms with Crippen LogP contribution in [0.3, 0.4) is 0 Å². The van der Waals surface area contributed by atoms with Gasteiger partial charge in [0.1, 0.15) is 5.82 Å². The average Bonchev–Trinajstić information content (AvgIpc) is 3.06. The van der Waals surface area contributed by atoms with E-state index in [2.05, 4.69) is 51.2 Å². The van der Waals surface area contributed by atoms with E-state index in [0.29, 0.717) is 13.0 Å². The highest BCUT2D eigenvalue weighted by atomic mass is 16.1. The molecular weight excluding hydrogens is 266 g/mol. The van der Waals surface area contributed by atoms with Crippen molar-refractivity contribution in [3.05, 3.63) is 47.3 Å². The van der Waals surface area contributed by atoms with E-state index in [4.69, 9.17) is 0 Å². The minimum atomic E-state index is -0.0629. The first-order valence-corrected chi connectivity index (χ1v) is 6.81. The van der Waals surface area contributed by atoms with Crippen molar-refractivity contribution in [3.63, 3.8) is 0 Å². The molecule has 3 aromatic rings. The third-order valence-corrected chi connectivity index (χ3v) is 3.51. The molecule has 6 nitrogen and oxygen atoms in total. The van der Waals surface area contributed by atoms with Gasteiger partial charge in [-0.1, -0.05) is 0 Å². The normalized spacial score (nSPS) is 11.0. The summed E-state index contributed by atoms with van der Waals surface area (Å²) in [5.41, 5.74) is 5.15. The van der Waals surface area contributed by atoms with E-state index >= 15 is 0 Å². The molecule has 3 N–H and O–H groups in total. The number of nitrogens with one attached hydrogen (secondary N) is 3. The fraction of sp³-hybridized carbons (Fsp3) is 0.267. The molecule has 0 aliphatic heterocycles. The first-order chi connectivity index (χ1) is 10.1. The molecule has 1 amide bonds. The molecule has 0 radical (unpaired) electrons. The molecule has 0 aliphatic carbocycles. The van der Waals surface area contributed by atoms with Crippen LogP contribution in [0, 0.1) is 13.8 Å². The van der Waals surface area contributed by atoms with E-state index in [1.165, 1.54) is 11.1 Å². The second-order valence-corrected chi connectivity index (χ2v) is 5.17. The summed E-state index contributed by atoms with van der Waals surface area (Å²) < 4.78 is 0. The average molecular weight is 283 g/mol. The van der Waals surface area contributed by atoms with Gasteiger partial charge in [0.2, 0.25) is 5.91 Å². The van der Waals surface area contributed by atoms with E-state index in [1.807, 2.05) is 0 Å². The second kappa shape index (κ2) is 5.40. The Kier molecular flexibility index (Phi) is 3.43. The lowest BCUT2D eigenvalue weighted by molar-refractivity contribution is -0.120. The van der Waals surface area contributed by atoms with Crippen molar-refractivity contribution in [2.24, 2.45) is 0 Å². The summed E-state index contributed by atoms with van der Waals surface area (Å²) >= 11 is 0. The number of hydrogen-bond donors (Lipinski definition) is 3. The fourth-order valence-electron chi connectivity index (χ4n) is 2.21. The summed E-state index contributed by atoms with van der Waals surface area (Å²) in [6.45, 7) is 4.52. The number of aromatic nitrogens is 4. The summed E-state index contributed by atoms with van der Waals surface area (Å²) in [6.07, 6.45) is 3.50. The smallest absolute Gasteiger partial charge is 0.226 e. The van der Waals surface area contributed by atoms with Gasteiger partial charge in [0.05, 0.1) is 30.3 Å². The number of nitrogens with zero attached hydrogens (tertiary/aromatic N) is 2. The molecule has 0 atom stereocenters. The first kappa shape index (κ1) is 13.4. The minimum absolute atomic E-state index is 0.0629. The van der Waals surface area contributed by atoms with Crippen LogP contribution in [0.15, 0.2) is 24.7 Å². The van der Waals surface area contributed by atoms with Gasteiger partial charge in [0.25, 0.3) is 0 Å². The number of aromatic amines is 2. The molecule has 0 saturated heterocycles. The number of rotatable bonds is 4. The second-order valence-electron chi connectivity index (χ2n) is 5.17. The highest BCUT2D eigenvalue weighted by molar-refractivity contribution is 5.79. The number of benzene rings is 1. The van der Waals surface area contributed by atoms with Crippen molar-refractivity contribution in [3.8, 4) is 0 Å². The van der Waals surface area contributed by atoms with Crippen molar-refractivity contribution >= 4 is 16.9 Å². The van der Waals surface area contributed by atoms with Gasteiger partial charge in [-0.3, -0.25) is 4.79 Å². The zero-order chi connectivity index (χ0) is 14.8. The van der Waals surface area contributed by atoms with E-state index in [-0.39, 0.29) is 5.91 Å². The van der Waals surface area contributed by atoms with Gasteiger partial charge in [0.15, 0.2) is 0 Å². The Hall–Kier alpha value is -2.63. The lowest BCUT2D eigenvalue weighted by Gasteiger charge is -2.01. The summed E-state index contributed by atoms with van der Waals surface area (Å²) in [7, 11) is 0. The standard InChI is InChI=1S/C15H17N5O/c1-9-3-12-13(4-10(9)2)20-14(19-12)7-17-15(21)5-11-6-16-8-18-11/h3-4,6,8H,5,7H2,1-2H3,(H,16,18)(H,17,21)(H,19,20). The van der Waals surface area contributed by atoms with Crippen LogP contribution in [0.2, 0.25) is 0 Å². The number of carbonyl (C=O) groups is 1. The number of aryl methyl sites for hydroxylation is 2. The van der Waals surface area contributed by atoms with E-state index in [0.717, 1.165) is 22.6 Å². The number of fused-ring (bicyclic) bond motifs is 1. The number of amides is 1. The van der Waals surface area contributed by atoms with Crippen molar-refractivity contribution in [2.45, 2.75) is 26.8 Å². The van der Waals surface area contributed by atoms with Crippen LogP contribution in [0.1, 0.15) is 22.6 Å². The Morgan fingerprint density at radius 3 is 2.86 bits per heavy atom. The lowest BCUT2D eigenvalue weighted by atomic mass is 10.1. The zero-order valence-electron chi connectivity index (χ0n) is 12.0. The van der Waals surface area contributed by atoms with Crippen molar-refractivity contribution in [1.82, 2.24) is 25.3 Å². The van der Waals surface area contributed by atoms with Crippen molar-refractivity contribution in [2.75, 3.05) is 0 Å². The van der Waals surface area contributed by atoms with Crippen LogP contribution >= 0.6 is 0 Å². The van der Waals surface area contributed by atoms with Crippen LogP contribution in [0.5, 0.6) is 0 Å². The summed E-state index contributed by atoms with van der Waals surface area (Å²) in [5.74, 6) is 0.694. The predicted octanol–water partition coefficient (Wildman–Crippen LogP) is 1.76. The van der Waals surface area contributed by atoms with Gasteiger partial charge >= 0.3 is 0 Å². The van der Waals surface area contributed by atoms with E-state index in [1.54, 1.807) is 12.5 Å². The quantitative estimate of drug-likeness (QED) is 0.682. The predicted molar refractivity (Wildman–Crippen MR) is 79.7 cm³/mol. The first-order valence-electron chi connectivity index (χ1n) is 6.81. The molecule has 2 aromatic heterocycles. The van der Waals surface area contributed by atoms with Gasteiger partial charge < -0.3 is 15.3 Å². The minimum Gasteiger partial charge on any atom is -0.349 e. The maximum Gasteiger partial charge on any atom is 0.226 e. The molecule has 2 heterocycles. The molecule has 0 unspecified atom stereocenters. The lowest BCUT2D eigenvalue weighted by Crippen LogP contribution is -2.25. The Balaban J connectivity index is 1.66. The van der Waals surface area contributed by atoms with E-state index in [9.17, 15) is 4.79 Å². The number of imidazole rings is 2. The van der Waals surface area contributed by atoms with Gasteiger partial charge in [-0.2, -0.15) is 0 Å². The fourth-order valence-corrected chi connectivity index (χ4v) is 2.21. The molecule has 21 heavy (non-hydrogen) atoms. The third kappa shape index (κ3) is 2.94. The Morgan fingerprint density at radius 2 is 2.10 bits per heavy atom. The van der Waals surface area contributed by atoms with Crippen molar-refractivity contribution in [1.29, 1.82) is 0 Å². The molecule has 3 rings (SSSR count). The highest BCUT2D eigenvalue weighted by Crippen LogP contribution is 2.17. The van der Waals surface area contributed by atoms with Gasteiger partial charge in [-0.15, -0.1) is 0 Å². The monoisotopic (exact) mass is 283 g/mol. The van der Waals surface area contributed by atoms with Crippen LogP contribution < -0.4 is 5.32 Å². The SMILES string of the molecule is Cc1cc2nc(CNC(=O)Cc3cnc[nH]3)[nH]c2cc1C. The Morgan fingerprint density at radius 1 is 1.29 bits per heavy atom. The Labute approximate surface area is 122 Å². The molecular formula is C15H17N5O. The summed E-state index contributed by atoms with van der Waals surface area (Å²) in [6, 6.07) is 4.13. The summed E-state index contributed by atoms with van der Waals surface area (Å²) in [5, 5.41) is 2.85. The van der Waals surface area contributed by atoms with Crippen LogP contribution in [0.4, 0.5) is 0 Å². The van der Waals surface area contributed by atoms with E-state index < -0.39 is 0 Å². The molecule has 0 saturated carbocycles. The van der Waals surface area contributed by atoms with Gasteiger partial charge in [-0.05, 0) is 37.1 Å². The maximum absolute atomic E-state index is 11.8.